The molecule has 0 saturated carbocycles. The van der Waals surface area contributed by atoms with Gasteiger partial charge in [-0.05, 0) is 49.6 Å². The van der Waals surface area contributed by atoms with Crippen LogP contribution in [0.4, 0.5) is 5.69 Å². The number of aryl methyl sites for hydroxylation is 1. The highest BCUT2D eigenvalue weighted by Gasteiger charge is 2.55. The van der Waals surface area contributed by atoms with Crippen molar-refractivity contribution in [1.29, 1.82) is 0 Å². The lowest BCUT2D eigenvalue weighted by Gasteiger charge is -2.36. The Balaban J connectivity index is 1.76. The molecular weight excluding hydrogens is 456 g/mol. The van der Waals surface area contributed by atoms with Gasteiger partial charge in [-0.25, -0.2) is 0 Å². The van der Waals surface area contributed by atoms with Gasteiger partial charge in [0.05, 0.1) is 18.8 Å². The molecule has 0 aliphatic carbocycles. The first-order valence-electron chi connectivity index (χ1n) is 11.9. The lowest BCUT2D eigenvalue weighted by molar-refractivity contribution is -0.547. The van der Waals surface area contributed by atoms with Crippen molar-refractivity contribution in [2.24, 2.45) is 4.99 Å². The van der Waals surface area contributed by atoms with E-state index in [1.165, 1.54) is 0 Å². The minimum absolute atomic E-state index is 0.444. The summed E-state index contributed by atoms with van der Waals surface area (Å²) in [6.45, 7) is 5.32. The molecule has 0 N–H and O–H groups in total. The summed E-state index contributed by atoms with van der Waals surface area (Å²) >= 11 is 1.57. The van der Waals surface area contributed by atoms with Crippen LogP contribution in [0.5, 0.6) is 0 Å². The summed E-state index contributed by atoms with van der Waals surface area (Å²) in [5.41, 5.74) is 4.56. The number of para-hydroxylation sites is 1. The first kappa shape index (κ1) is 23.5. The van der Waals surface area contributed by atoms with Crippen molar-refractivity contribution in [2.75, 3.05) is 44.0 Å². The molecule has 1 fully saturated rings. The van der Waals surface area contributed by atoms with Crippen LogP contribution in [-0.2, 0) is 10.5 Å². The van der Waals surface area contributed by atoms with E-state index in [-0.39, 0.29) is 0 Å². The maximum absolute atomic E-state index is 14.5. The summed E-state index contributed by atoms with van der Waals surface area (Å²) in [5.74, 6) is -1.28. The van der Waals surface area contributed by atoms with E-state index >= 15 is 0 Å². The fourth-order valence-electron chi connectivity index (χ4n) is 4.69. The predicted octanol–water partition coefficient (Wildman–Crippen LogP) is 4.68. The van der Waals surface area contributed by atoms with Crippen LogP contribution in [0.1, 0.15) is 16.7 Å². The second-order valence-electron chi connectivity index (χ2n) is 8.73. The van der Waals surface area contributed by atoms with Gasteiger partial charge in [0.1, 0.15) is 6.54 Å². The van der Waals surface area contributed by atoms with E-state index in [9.17, 15) is 5.21 Å². The van der Waals surface area contributed by atoms with Crippen LogP contribution in [0.15, 0.2) is 89.9 Å². The molecule has 1 unspecified atom stereocenters. The molecule has 0 spiro atoms. The number of morpholine rings is 1. The van der Waals surface area contributed by atoms with Crippen LogP contribution in [0, 0.1) is 12.1 Å². The van der Waals surface area contributed by atoms with Crippen molar-refractivity contribution >= 4 is 28.3 Å². The molecule has 35 heavy (non-hydrogen) atoms. The van der Waals surface area contributed by atoms with Gasteiger partial charge in [-0.1, -0.05) is 65.9 Å². The molecule has 7 heteroatoms. The van der Waals surface area contributed by atoms with Crippen LogP contribution in [0.3, 0.4) is 0 Å². The quantitative estimate of drug-likeness (QED) is 0.232. The Morgan fingerprint density at radius 2 is 1.57 bits per heavy atom. The molecule has 3 aromatic carbocycles. The van der Waals surface area contributed by atoms with Gasteiger partial charge in [0, 0.05) is 24.3 Å². The number of thioether (sulfide) groups is 1. The van der Waals surface area contributed by atoms with Gasteiger partial charge in [0.2, 0.25) is 5.71 Å². The summed E-state index contributed by atoms with van der Waals surface area (Å²) in [7, 11) is 0. The van der Waals surface area contributed by atoms with Crippen molar-refractivity contribution in [1.82, 2.24) is 4.90 Å². The number of benzene rings is 3. The van der Waals surface area contributed by atoms with Crippen LogP contribution in [-0.4, -0.2) is 59.6 Å². The Kier molecular flexibility index (Phi) is 6.79. The molecule has 1 saturated heterocycles. The van der Waals surface area contributed by atoms with Crippen molar-refractivity contribution in [3.05, 3.63) is 107 Å². The van der Waals surface area contributed by atoms with E-state index in [1.54, 1.807) is 11.8 Å². The number of hydrogen-bond donors (Lipinski definition) is 0. The Bertz CT molecular complexity index is 1210. The molecule has 0 bridgehead atoms. The zero-order valence-corrected chi connectivity index (χ0v) is 20.9. The topological polar surface area (TPSA) is 54.1 Å². The second kappa shape index (κ2) is 10.1. The molecule has 0 amide bonds. The third-order valence-electron chi connectivity index (χ3n) is 6.54. The summed E-state index contributed by atoms with van der Waals surface area (Å²) < 4.78 is 6.70. The number of aliphatic imine (C=N–C) groups is 1. The molecule has 180 valence electrons. The van der Waals surface area contributed by atoms with E-state index < -0.39 is 5.79 Å². The summed E-state index contributed by atoms with van der Waals surface area (Å²) in [5, 5.41) is 15.3. The van der Waals surface area contributed by atoms with Crippen molar-refractivity contribution in [3.63, 3.8) is 0 Å². The minimum Gasteiger partial charge on any atom is -0.620 e. The molecule has 3 aromatic rings. The van der Waals surface area contributed by atoms with Gasteiger partial charge in [-0.15, -0.1) is 0 Å². The lowest BCUT2D eigenvalue weighted by Crippen LogP contribution is -2.49. The first-order valence-corrected chi connectivity index (χ1v) is 13.1. The van der Waals surface area contributed by atoms with Gasteiger partial charge in [0.15, 0.2) is 5.17 Å². The van der Waals surface area contributed by atoms with Crippen molar-refractivity contribution < 1.29 is 9.48 Å². The highest BCUT2D eigenvalue weighted by Crippen LogP contribution is 2.40. The van der Waals surface area contributed by atoms with Crippen LogP contribution in [0.25, 0.3) is 0 Å². The molecule has 2 aliphatic rings. The zero-order valence-electron chi connectivity index (χ0n) is 20.1. The molecule has 2 aliphatic heterocycles. The Morgan fingerprint density at radius 1 is 0.943 bits per heavy atom. The van der Waals surface area contributed by atoms with Gasteiger partial charge in [-0.2, -0.15) is 9.73 Å². The number of hydroxylamine groups is 1. The Labute approximate surface area is 211 Å². The van der Waals surface area contributed by atoms with Crippen LogP contribution >= 0.6 is 11.8 Å². The normalized spacial score (nSPS) is 21.0. The molecule has 0 aromatic heterocycles. The highest BCUT2D eigenvalue weighted by molar-refractivity contribution is 8.13. The smallest absolute Gasteiger partial charge is 0.379 e. The van der Waals surface area contributed by atoms with E-state index in [2.05, 4.69) is 28.9 Å². The summed E-state index contributed by atoms with van der Waals surface area (Å²) in [4.78, 5) is 9.67. The van der Waals surface area contributed by atoms with Crippen molar-refractivity contribution in [2.45, 2.75) is 12.7 Å². The van der Waals surface area contributed by atoms with Gasteiger partial charge < -0.3 is 14.8 Å². The van der Waals surface area contributed by atoms with Gasteiger partial charge in [-0.3, -0.25) is 4.90 Å². The minimum atomic E-state index is -1.28. The van der Waals surface area contributed by atoms with E-state index in [1.807, 2.05) is 79.1 Å². The predicted molar refractivity (Wildman–Crippen MR) is 144 cm³/mol. The number of anilines is 1. The standard InChI is InChI=1S/C28H30N4O2S/c1-22-13-15-23(16-14-22)26-21-31(25-11-7-4-8-12-25)28(32(26)33,24-9-5-3-6-10-24)29-27(35-2)30-17-19-34-20-18-30/h3-16H,17-21H2,1-2H3/b29-27-. The summed E-state index contributed by atoms with van der Waals surface area (Å²) in [6, 6.07) is 28.2. The zero-order chi connectivity index (χ0) is 24.3. The number of nitrogens with zero attached hydrogens (tertiary/aromatic N) is 4. The molecule has 1 atom stereocenters. The Morgan fingerprint density at radius 3 is 2.20 bits per heavy atom. The molecule has 5 rings (SSSR count). The molecule has 6 nitrogen and oxygen atoms in total. The maximum Gasteiger partial charge on any atom is 0.379 e. The maximum atomic E-state index is 14.5. The summed E-state index contributed by atoms with van der Waals surface area (Å²) in [6.07, 6.45) is 2.02. The third-order valence-corrected chi connectivity index (χ3v) is 7.26. The highest BCUT2D eigenvalue weighted by atomic mass is 32.2. The second-order valence-corrected chi connectivity index (χ2v) is 9.50. The van der Waals surface area contributed by atoms with Crippen LogP contribution < -0.4 is 4.90 Å². The average Bonchev–Trinajstić information content (AvgIpc) is 3.22. The SMILES string of the molecule is CS/C(=N\C1(c2ccccc2)N(c2ccccc2)CC(c2ccc(C)cc2)=[N+]1[O-])N1CCOCC1. The van der Waals surface area contributed by atoms with Gasteiger partial charge >= 0.3 is 5.79 Å². The Hall–Kier alpha value is -3.29. The fourth-order valence-corrected chi connectivity index (χ4v) is 5.35. The van der Waals surface area contributed by atoms with E-state index in [0.717, 1.165) is 45.4 Å². The molecule has 2 heterocycles. The number of amidine groups is 1. The third kappa shape index (κ3) is 4.42. The largest absolute Gasteiger partial charge is 0.620 e. The molecule has 0 radical (unpaired) electrons. The van der Waals surface area contributed by atoms with E-state index in [4.69, 9.17) is 9.73 Å². The number of hydrogen-bond acceptors (Lipinski definition) is 5. The van der Waals surface area contributed by atoms with Gasteiger partial charge in [0.25, 0.3) is 0 Å². The van der Waals surface area contributed by atoms with E-state index in [0.29, 0.717) is 25.5 Å². The van der Waals surface area contributed by atoms with Crippen LogP contribution in [0.2, 0.25) is 0 Å². The number of rotatable bonds is 4. The lowest BCUT2D eigenvalue weighted by atomic mass is 10.1. The fraction of sp³-hybridized carbons (Fsp3) is 0.286. The number of ether oxygens (including phenoxy) is 1. The van der Waals surface area contributed by atoms with Crippen molar-refractivity contribution in [3.8, 4) is 0 Å². The average molecular weight is 487 g/mol. The first-order chi connectivity index (χ1) is 17.1. The molecular formula is C28H30N4O2S. The monoisotopic (exact) mass is 486 g/mol.